The molecule has 5 heteroatoms. The summed E-state index contributed by atoms with van der Waals surface area (Å²) in [6.07, 6.45) is 2.59. The second-order valence-corrected chi connectivity index (χ2v) is 6.47. The number of nitrogens with one attached hydrogen (secondary N) is 2. The molecule has 0 bridgehead atoms. The Balaban J connectivity index is 1.52. The van der Waals surface area contributed by atoms with Crippen molar-refractivity contribution < 1.29 is 4.79 Å². The molecular weight excluding hydrogens is 378 g/mol. The molecule has 1 amide bonds. The molecule has 25 heavy (non-hydrogen) atoms. The summed E-state index contributed by atoms with van der Waals surface area (Å²) in [4.78, 5) is 16.5. The van der Waals surface area contributed by atoms with Crippen LogP contribution in [0.5, 0.6) is 0 Å². The number of halogens is 1. The van der Waals surface area contributed by atoms with Crippen LogP contribution in [-0.2, 0) is 6.42 Å². The predicted octanol–water partition coefficient (Wildman–Crippen LogP) is 4.75. The van der Waals surface area contributed by atoms with Gasteiger partial charge in [0, 0.05) is 16.6 Å². The van der Waals surface area contributed by atoms with E-state index in [-0.39, 0.29) is 5.91 Å². The van der Waals surface area contributed by atoms with Gasteiger partial charge < -0.3 is 10.6 Å². The van der Waals surface area contributed by atoms with E-state index in [4.69, 9.17) is 0 Å². The lowest BCUT2D eigenvalue weighted by atomic mass is 10.1. The highest BCUT2D eigenvalue weighted by Gasteiger charge is 2.06. The fourth-order valence-corrected chi connectivity index (χ4v) is 2.78. The van der Waals surface area contributed by atoms with E-state index < -0.39 is 0 Å². The molecule has 0 spiro atoms. The van der Waals surface area contributed by atoms with Crippen LogP contribution in [0.3, 0.4) is 0 Å². The smallest absolute Gasteiger partial charge is 0.255 e. The van der Waals surface area contributed by atoms with Crippen LogP contribution in [0, 0.1) is 0 Å². The van der Waals surface area contributed by atoms with Gasteiger partial charge in [-0.1, -0.05) is 52.3 Å². The van der Waals surface area contributed by atoms with Gasteiger partial charge >= 0.3 is 0 Å². The van der Waals surface area contributed by atoms with Crippen molar-refractivity contribution in [2.45, 2.75) is 6.42 Å². The Morgan fingerprint density at radius 1 is 1.00 bits per heavy atom. The van der Waals surface area contributed by atoms with Crippen LogP contribution in [0.1, 0.15) is 15.9 Å². The monoisotopic (exact) mass is 395 g/mol. The van der Waals surface area contributed by atoms with Crippen LogP contribution in [0.4, 0.5) is 11.5 Å². The minimum absolute atomic E-state index is 0.159. The maximum absolute atomic E-state index is 12.2. The first-order valence-corrected chi connectivity index (χ1v) is 8.81. The van der Waals surface area contributed by atoms with Gasteiger partial charge in [0.05, 0.1) is 11.9 Å². The van der Waals surface area contributed by atoms with Crippen LogP contribution < -0.4 is 10.6 Å². The zero-order chi connectivity index (χ0) is 17.5. The van der Waals surface area contributed by atoms with Crippen molar-refractivity contribution in [3.63, 3.8) is 0 Å². The van der Waals surface area contributed by atoms with Crippen molar-refractivity contribution in [1.82, 2.24) is 4.98 Å². The summed E-state index contributed by atoms with van der Waals surface area (Å²) in [5, 5.41) is 6.13. The van der Waals surface area contributed by atoms with E-state index in [0.717, 1.165) is 23.3 Å². The van der Waals surface area contributed by atoms with Gasteiger partial charge in [-0.05, 0) is 42.3 Å². The number of aromatic nitrogens is 1. The lowest BCUT2D eigenvalue weighted by Gasteiger charge is -2.08. The average molecular weight is 396 g/mol. The Kier molecular flexibility index (Phi) is 5.80. The first-order valence-electron chi connectivity index (χ1n) is 8.01. The lowest BCUT2D eigenvalue weighted by molar-refractivity contribution is 0.102. The number of hydrogen-bond acceptors (Lipinski definition) is 3. The minimum Gasteiger partial charge on any atom is -0.370 e. The molecule has 0 unspecified atom stereocenters. The number of carbonyl (C=O) groups is 1. The third-order valence-corrected chi connectivity index (χ3v) is 4.16. The normalized spacial score (nSPS) is 10.3. The van der Waals surface area contributed by atoms with Crippen LogP contribution in [0.25, 0.3) is 0 Å². The summed E-state index contributed by atoms with van der Waals surface area (Å²) in [6, 6.07) is 21.3. The van der Waals surface area contributed by atoms with E-state index in [1.165, 1.54) is 5.56 Å². The molecule has 0 radical (unpaired) electrons. The summed E-state index contributed by atoms with van der Waals surface area (Å²) in [5.74, 6) is 0.629. The quantitative estimate of drug-likeness (QED) is 0.632. The third kappa shape index (κ3) is 5.16. The van der Waals surface area contributed by atoms with Gasteiger partial charge in [0.1, 0.15) is 5.82 Å². The van der Waals surface area contributed by atoms with Crippen molar-refractivity contribution in [2.24, 2.45) is 0 Å². The Morgan fingerprint density at radius 2 is 1.84 bits per heavy atom. The number of rotatable bonds is 6. The SMILES string of the molecule is O=C(Nc1ccc(NCCc2ccccc2)nc1)c1cccc(Br)c1. The van der Waals surface area contributed by atoms with Gasteiger partial charge in [0.15, 0.2) is 0 Å². The highest BCUT2D eigenvalue weighted by Crippen LogP contribution is 2.15. The molecule has 3 aromatic rings. The number of carbonyl (C=O) groups excluding carboxylic acids is 1. The van der Waals surface area contributed by atoms with Gasteiger partial charge in [-0.2, -0.15) is 0 Å². The molecule has 4 nitrogen and oxygen atoms in total. The lowest BCUT2D eigenvalue weighted by Crippen LogP contribution is -2.12. The van der Waals surface area contributed by atoms with Crippen LogP contribution >= 0.6 is 15.9 Å². The summed E-state index contributed by atoms with van der Waals surface area (Å²) in [5.41, 5.74) is 2.55. The van der Waals surface area contributed by atoms with Crippen molar-refractivity contribution in [3.8, 4) is 0 Å². The highest BCUT2D eigenvalue weighted by molar-refractivity contribution is 9.10. The molecule has 0 atom stereocenters. The van der Waals surface area contributed by atoms with Crippen molar-refractivity contribution in [1.29, 1.82) is 0 Å². The molecule has 0 aliphatic heterocycles. The molecule has 0 saturated heterocycles. The summed E-state index contributed by atoms with van der Waals surface area (Å²) in [7, 11) is 0. The van der Waals surface area contributed by atoms with Crippen molar-refractivity contribution in [2.75, 3.05) is 17.2 Å². The largest absolute Gasteiger partial charge is 0.370 e. The second-order valence-electron chi connectivity index (χ2n) is 5.56. The average Bonchev–Trinajstić information content (AvgIpc) is 2.64. The zero-order valence-electron chi connectivity index (χ0n) is 13.6. The zero-order valence-corrected chi connectivity index (χ0v) is 15.2. The van der Waals surface area contributed by atoms with Gasteiger partial charge in [0.2, 0.25) is 0 Å². The fraction of sp³-hybridized carbons (Fsp3) is 0.100. The van der Waals surface area contributed by atoms with E-state index in [9.17, 15) is 4.79 Å². The molecule has 0 saturated carbocycles. The van der Waals surface area contributed by atoms with Gasteiger partial charge in [-0.25, -0.2) is 4.98 Å². The number of anilines is 2. The van der Waals surface area contributed by atoms with Crippen LogP contribution in [-0.4, -0.2) is 17.4 Å². The minimum atomic E-state index is -0.159. The summed E-state index contributed by atoms with van der Waals surface area (Å²) >= 11 is 3.37. The molecule has 0 fully saturated rings. The van der Waals surface area contributed by atoms with Crippen LogP contribution in [0.15, 0.2) is 77.4 Å². The van der Waals surface area contributed by atoms with Gasteiger partial charge in [-0.15, -0.1) is 0 Å². The van der Waals surface area contributed by atoms with E-state index in [1.807, 2.05) is 42.5 Å². The molecule has 126 valence electrons. The first-order chi connectivity index (χ1) is 12.2. The second kappa shape index (κ2) is 8.44. The molecule has 0 aliphatic rings. The fourth-order valence-electron chi connectivity index (χ4n) is 2.38. The number of hydrogen-bond donors (Lipinski definition) is 2. The maximum atomic E-state index is 12.2. The molecule has 3 rings (SSSR count). The summed E-state index contributed by atoms with van der Waals surface area (Å²) < 4.78 is 0.872. The van der Waals surface area contributed by atoms with E-state index in [1.54, 1.807) is 18.3 Å². The summed E-state index contributed by atoms with van der Waals surface area (Å²) in [6.45, 7) is 0.806. The van der Waals surface area contributed by atoms with Gasteiger partial charge in [0.25, 0.3) is 5.91 Å². The van der Waals surface area contributed by atoms with Crippen molar-refractivity contribution in [3.05, 3.63) is 88.5 Å². The predicted molar refractivity (Wildman–Crippen MR) is 105 cm³/mol. The van der Waals surface area contributed by atoms with Crippen molar-refractivity contribution >= 4 is 33.3 Å². The Bertz CT molecular complexity index is 835. The number of nitrogens with zero attached hydrogens (tertiary/aromatic N) is 1. The number of pyridine rings is 1. The molecule has 1 aromatic heterocycles. The molecule has 1 heterocycles. The third-order valence-electron chi connectivity index (χ3n) is 3.67. The standard InChI is InChI=1S/C20H18BrN3O/c21-17-8-4-7-16(13-17)20(25)24-18-9-10-19(23-14-18)22-12-11-15-5-2-1-3-6-15/h1-10,13-14H,11-12H2,(H,22,23)(H,24,25). The molecule has 0 aliphatic carbocycles. The Morgan fingerprint density at radius 3 is 2.56 bits per heavy atom. The number of amides is 1. The van der Waals surface area contributed by atoms with E-state index in [2.05, 4.69) is 43.7 Å². The molecular formula is C20H18BrN3O. The Hall–Kier alpha value is -2.66. The maximum Gasteiger partial charge on any atom is 0.255 e. The molecule has 2 aromatic carbocycles. The van der Waals surface area contributed by atoms with E-state index in [0.29, 0.717) is 11.3 Å². The van der Waals surface area contributed by atoms with Gasteiger partial charge in [-0.3, -0.25) is 4.79 Å². The topological polar surface area (TPSA) is 54.0 Å². The Labute approximate surface area is 155 Å². The van der Waals surface area contributed by atoms with Crippen LogP contribution in [0.2, 0.25) is 0 Å². The van der Waals surface area contributed by atoms with E-state index >= 15 is 0 Å². The highest BCUT2D eigenvalue weighted by atomic mass is 79.9. The first kappa shape index (κ1) is 17.2. The molecule has 2 N–H and O–H groups in total. The number of benzene rings is 2.